The van der Waals surface area contributed by atoms with Crippen molar-refractivity contribution in [3.05, 3.63) is 12.4 Å². The first-order valence-electron chi connectivity index (χ1n) is 6.55. The van der Waals surface area contributed by atoms with Crippen LogP contribution in [0.3, 0.4) is 0 Å². The molecule has 1 unspecified atom stereocenters. The van der Waals surface area contributed by atoms with Gasteiger partial charge in [0, 0.05) is 19.0 Å². The van der Waals surface area contributed by atoms with E-state index in [1.54, 1.807) is 11.0 Å². The number of hydrogen-bond donors (Lipinski definition) is 1. The summed E-state index contributed by atoms with van der Waals surface area (Å²) in [6, 6.07) is 1.57. The maximum Gasteiger partial charge on any atom is 0.410 e. The minimum Gasteiger partial charge on any atom is -0.472 e. The molecule has 1 fully saturated rings. The summed E-state index contributed by atoms with van der Waals surface area (Å²) in [6.45, 7) is 6.63. The van der Waals surface area contributed by atoms with Crippen LogP contribution in [0.15, 0.2) is 12.4 Å². The average molecular weight is 280 g/mol. The number of ether oxygens (including phenoxy) is 2. The molecule has 2 N–H and O–H groups in total. The summed E-state index contributed by atoms with van der Waals surface area (Å²) in [6.07, 6.45) is 1.68. The Labute approximate surface area is 118 Å². The van der Waals surface area contributed by atoms with E-state index in [0.717, 1.165) is 6.42 Å². The van der Waals surface area contributed by atoms with E-state index in [1.807, 2.05) is 20.8 Å². The Morgan fingerprint density at radius 2 is 2.20 bits per heavy atom. The predicted octanol–water partition coefficient (Wildman–Crippen LogP) is 1.45. The van der Waals surface area contributed by atoms with Crippen LogP contribution in [-0.4, -0.2) is 45.8 Å². The van der Waals surface area contributed by atoms with Crippen molar-refractivity contribution in [2.24, 2.45) is 0 Å². The van der Waals surface area contributed by atoms with E-state index >= 15 is 0 Å². The zero-order chi connectivity index (χ0) is 14.8. The normalized spacial score (nSPS) is 18.9. The monoisotopic (exact) mass is 280 g/mol. The second-order valence-corrected chi connectivity index (χ2v) is 5.74. The average Bonchev–Trinajstić information content (AvgIpc) is 2.75. The lowest BCUT2D eigenvalue weighted by molar-refractivity contribution is 0.0275. The van der Waals surface area contributed by atoms with Crippen molar-refractivity contribution in [1.29, 1.82) is 0 Å². The number of aromatic nitrogens is 2. The number of nitrogen functional groups attached to an aromatic ring is 1. The third-order valence-electron chi connectivity index (χ3n) is 2.75. The minimum absolute atomic E-state index is 0.100. The molecule has 0 spiro atoms. The summed E-state index contributed by atoms with van der Waals surface area (Å²) in [5.74, 6) is 0.783. The molecule has 1 aromatic rings. The van der Waals surface area contributed by atoms with Crippen LogP contribution < -0.4 is 10.5 Å². The molecular formula is C13H20N4O3. The van der Waals surface area contributed by atoms with Crippen LogP contribution in [0.25, 0.3) is 0 Å². The number of hydrogen-bond acceptors (Lipinski definition) is 6. The van der Waals surface area contributed by atoms with Gasteiger partial charge in [0.05, 0.1) is 6.54 Å². The van der Waals surface area contributed by atoms with E-state index in [-0.39, 0.29) is 12.2 Å². The molecule has 0 radical (unpaired) electrons. The molecule has 1 amide bonds. The van der Waals surface area contributed by atoms with Gasteiger partial charge < -0.3 is 20.1 Å². The smallest absolute Gasteiger partial charge is 0.410 e. The van der Waals surface area contributed by atoms with Gasteiger partial charge in [0.15, 0.2) is 0 Å². The molecule has 0 aromatic carbocycles. The van der Waals surface area contributed by atoms with Crippen molar-refractivity contribution in [1.82, 2.24) is 14.9 Å². The van der Waals surface area contributed by atoms with Gasteiger partial charge in [-0.25, -0.2) is 14.8 Å². The van der Waals surface area contributed by atoms with E-state index in [2.05, 4.69) is 9.97 Å². The first-order chi connectivity index (χ1) is 9.33. The van der Waals surface area contributed by atoms with Gasteiger partial charge in [-0.1, -0.05) is 0 Å². The lowest BCUT2D eigenvalue weighted by atomic mass is 10.2. The van der Waals surface area contributed by atoms with Crippen LogP contribution in [0.5, 0.6) is 5.88 Å². The van der Waals surface area contributed by atoms with Gasteiger partial charge in [0.1, 0.15) is 23.9 Å². The summed E-state index contributed by atoms with van der Waals surface area (Å²) in [5.41, 5.74) is 5.07. The number of carbonyl (C=O) groups excluding carboxylic acids is 1. The molecule has 7 nitrogen and oxygen atoms in total. The Hall–Kier alpha value is -2.05. The van der Waals surface area contributed by atoms with Crippen LogP contribution in [0.1, 0.15) is 27.2 Å². The third-order valence-corrected chi connectivity index (χ3v) is 2.75. The Morgan fingerprint density at radius 1 is 1.45 bits per heavy atom. The summed E-state index contributed by atoms with van der Waals surface area (Å²) in [7, 11) is 0. The maximum atomic E-state index is 11.9. The zero-order valence-electron chi connectivity index (χ0n) is 12.0. The lowest BCUT2D eigenvalue weighted by Crippen LogP contribution is -2.36. The highest BCUT2D eigenvalue weighted by Gasteiger charge is 2.31. The Morgan fingerprint density at radius 3 is 2.85 bits per heavy atom. The molecule has 1 aliphatic rings. The highest BCUT2D eigenvalue weighted by Crippen LogP contribution is 2.19. The summed E-state index contributed by atoms with van der Waals surface area (Å²) >= 11 is 0. The highest BCUT2D eigenvalue weighted by atomic mass is 16.6. The van der Waals surface area contributed by atoms with Crippen LogP contribution in [0.2, 0.25) is 0 Å². The molecule has 110 valence electrons. The number of nitrogens with zero attached hydrogens (tertiary/aromatic N) is 3. The van der Waals surface area contributed by atoms with E-state index in [9.17, 15) is 4.79 Å². The first-order valence-corrected chi connectivity index (χ1v) is 6.55. The molecule has 1 atom stereocenters. The van der Waals surface area contributed by atoms with Gasteiger partial charge in [0.2, 0.25) is 5.88 Å². The van der Waals surface area contributed by atoms with Crippen LogP contribution in [0, 0.1) is 0 Å². The number of nitrogens with two attached hydrogens (primary N) is 1. The second-order valence-electron chi connectivity index (χ2n) is 5.74. The zero-order valence-corrected chi connectivity index (χ0v) is 12.0. The Bertz CT molecular complexity index is 487. The van der Waals surface area contributed by atoms with Gasteiger partial charge >= 0.3 is 6.09 Å². The summed E-state index contributed by atoms with van der Waals surface area (Å²) in [4.78, 5) is 21.3. The van der Waals surface area contributed by atoms with Crippen molar-refractivity contribution in [2.45, 2.75) is 38.9 Å². The lowest BCUT2D eigenvalue weighted by Gasteiger charge is -2.24. The third kappa shape index (κ3) is 3.97. The van der Waals surface area contributed by atoms with Crippen molar-refractivity contribution >= 4 is 11.9 Å². The largest absolute Gasteiger partial charge is 0.472 e. The Kier molecular flexibility index (Phi) is 3.96. The predicted molar refractivity (Wildman–Crippen MR) is 73.3 cm³/mol. The fraction of sp³-hybridized carbons (Fsp3) is 0.615. The molecule has 2 rings (SSSR count). The van der Waals surface area contributed by atoms with E-state index in [0.29, 0.717) is 24.8 Å². The molecule has 1 saturated heterocycles. The van der Waals surface area contributed by atoms with Gasteiger partial charge in [0.25, 0.3) is 0 Å². The van der Waals surface area contributed by atoms with Gasteiger partial charge in [-0.2, -0.15) is 0 Å². The highest BCUT2D eigenvalue weighted by molar-refractivity contribution is 5.68. The molecule has 1 aromatic heterocycles. The molecule has 1 aliphatic heterocycles. The first kappa shape index (κ1) is 14.4. The van der Waals surface area contributed by atoms with Crippen LogP contribution in [0.4, 0.5) is 10.6 Å². The second kappa shape index (κ2) is 5.52. The molecule has 7 heteroatoms. The number of rotatable bonds is 2. The van der Waals surface area contributed by atoms with Crippen molar-refractivity contribution in [3.63, 3.8) is 0 Å². The topological polar surface area (TPSA) is 90.6 Å². The Balaban J connectivity index is 1.88. The maximum absolute atomic E-state index is 11.9. The number of likely N-dealkylation sites (tertiary alicyclic amines) is 1. The van der Waals surface area contributed by atoms with Crippen molar-refractivity contribution in [2.75, 3.05) is 18.8 Å². The van der Waals surface area contributed by atoms with Crippen LogP contribution in [-0.2, 0) is 4.74 Å². The van der Waals surface area contributed by atoms with E-state index in [1.165, 1.54) is 6.33 Å². The molecule has 2 heterocycles. The van der Waals surface area contributed by atoms with Gasteiger partial charge in [-0.05, 0) is 20.8 Å². The molecule has 20 heavy (non-hydrogen) atoms. The molecule has 0 aliphatic carbocycles. The quantitative estimate of drug-likeness (QED) is 0.881. The number of carbonyl (C=O) groups is 1. The van der Waals surface area contributed by atoms with Crippen molar-refractivity contribution in [3.8, 4) is 5.88 Å². The van der Waals surface area contributed by atoms with Crippen molar-refractivity contribution < 1.29 is 14.3 Å². The summed E-state index contributed by atoms with van der Waals surface area (Å²) in [5, 5.41) is 0. The standard InChI is InChI=1S/C13H20N4O3/c1-13(2,3)20-12(18)17-5-4-9(7-17)19-11-6-10(14)15-8-16-11/h6,8-9H,4-5,7H2,1-3H3,(H2,14,15,16). The molecule has 0 saturated carbocycles. The van der Waals surface area contributed by atoms with Gasteiger partial charge in [-0.15, -0.1) is 0 Å². The summed E-state index contributed by atoms with van der Waals surface area (Å²) < 4.78 is 11.0. The molecular weight excluding hydrogens is 260 g/mol. The minimum atomic E-state index is -0.489. The number of amides is 1. The van der Waals surface area contributed by atoms with Gasteiger partial charge in [-0.3, -0.25) is 0 Å². The fourth-order valence-electron chi connectivity index (χ4n) is 1.91. The SMILES string of the molecule is CC(C)(C)OC(=O)N1CCC(Oc2cc(N)ncn2)C1. The molecule has 0 bridgehead atoms. The van der Waals surface area contributed by atoms with Crippen LogP contribution >= 0.6 is 0 Å². The number of anilines is 1. The van der Waals surface area contributed by atoms with E-state index in [4.69, 9.17) is 15.2 Å². The van der Waals surface area contributed by atoms with E-state index < -0.39 is 5.60 Å². The fourth-order valence-corrected chi connectivity index (χ4v) is 1.91.